The lowest BCUT2D eigenvalue weighted by Gasteiger charge is -2.16. The molecule has 6 heteroatoms. The second-order valence-electron chi connectivity index (χ2n) is 3.54. The Morgan fingerprint density at radius 2 is 2.24 bits per heavy atom. The summed E-state index contributed by atoms with van der Waals surface area (Å²) in [7, 11) is 1.20. The summed E-state index contributed by atoms with van der Waals surface area (Å²) in [4.78, 5) is 14.8. The number of hydrogen-bond donors (Lipinski definition) is 3. The fraction of sp³-hybridized carbons (Fsp3) is 0.455. The minimum atomic E-state index is -1.29. The molecule has 6 nitrogen and oxygen atoms in total. The van der Waals surface area contributed by atoms with E-state index in [2.05, 4.69) is 9.72 Å². The zero-order valence-electron chi connectivity index (χ0n) is 9.41. The molecule has 0 saturated carbocycles. The average molecular weight is 241 g/mol. The van der Waals surface area contributed by atoms with Gasteiger partial charge in [-0.05, 0) is 17.7 Å². The summed E-state index contributed by atoms with van der Waals surface area (Å²) < 4.78 is 4.38. The number of hydrogen-bond acceptors (Lipinski definition) is 6. The maximum absolute atomic E-state index is 10.9. The molecule has 0 fully saturated rings. The maximum atomic E-state index is 10.9. The molecule has 2 atom stereocenters. The molecule has 17 heavy (non-hydrogen) atoms. The van der Waals surface area contributed by atoms with Gasteiger partial charge in [-0.2, -0.15) is 0 Å². The summed E-state index contributed by atoms with van der Waals surface area (Å²) in [5.41, 5.74) is 0.771. The summed E-state index contributed by atoms with van der Waals surface area (Å²) in [5, 5.41) is 28.3. The van der Waals surface area contributed by atoms with Crippen LogP contribution in [0, 0.1) is 0 Å². The van der Waals surface area contributed by atoms with Crippen molar-refractivity contribution >= 4 is 5.97 Å². The molecule has 3 N–H and O–H groups in total. The number of esters is 1. The first-order chi connectivity index (χ1) is 8.08. The smallest absolute Gasteiger partial charge is 0.308 e. The number of carbonyl (C=O) groups excluding carboxylic acids is 1. The van der Waals surface area contributed by atoms with E-state index in [0.717, 1.165) is 0 Å². The van der Waals surface area contributed by atoms with Crippen LogP contribution in [0.25, 0.3) is 0 Å². The Bertz CT molecular complexity index is 382. The molecule has 0 aromatic carbocycles. The van der Waals surface area contributed by atoms with Crippen LogP contribution >= 0.6 is 0 Å². The van der Waals surface area contributed by atoms with Crippen LogP contribution in [-0.4, -0.2) is 39.5 Å². The number of carbonyl (C=O) groups is 1. The van der Waals surface area contributed by atoms with Crippen molar-refractivity contribution < 1.29 is 24.9 Å². The summed E-state index contributed by atoms with van der Waals surface area (Å²) in [5.74, 6) is -0.616. The van der Waals surface area contributed by atoms with E-state index in [1.807, 2.05) is 0 Å². The van der Waals surface area contributed by atoms with Crippen LogP contribution in [0.2, 0.25) is 0 Å². The molecule has 0 aliphatic carbocycles. The van der Waals surface area contributed by atoms with Gasteiger partial charge in [0.15, 0.2) is 0 Å². The summed E-state index contributed by atoms with van der Waals surface area (Å²) in [6.45, 7) is -0.185. The number of ether oxygens (including phenoxy) is 1. The Labute approximate surface area is 98.5 Å². The first kappa shape index (κ1) is 13.6. The maximum Gasteiger partial charge on any atom is 0.308 e. The Balaban J connectivity index is 2.73. The van der Waals surface area contributed by atoms with Gasteiger partial charge in [0, 0.05) is 6.20 Å². The molecule has 1 aromatic heterocycles. The van der Waals surface area contributed by atoms with Crippen molar-refractivity contribution in [2.45, 2.75) is 25.2 Å². The summed E-state index contributed by atoms with van der Waals surface area (Å²) >= 11 is 0. The Kier molecular flexibility index (Phi) is 5.02. The molecule has 1 aromatic rings. The van der Waals surface area contributed by atoms with Crippen LogP contribution in [0.3, 0.4) is 0 Å². The van der Waals surface area contributed by atoms with Crippen molar-refractivity contribution in [1.82, 2.24) is 4.98 Å². The van der Waals surface area contributed by atoms with Crippen LogP contribution in [-0.2, 0) is 16.1 Å². The topological polar surface area (TPSA) is 99.9 Å². The Hall–Kier alpha value is -1.50. The number of rotatable bonds is 5. The number of pyridine rings is 1. The molecule has 2 unspecified atom stereocenters. The van der Waals surface area contributed by atoms with Crippen LogP contribution in [0.4, 0.5) is 0 Å². The summed E-state index contributed by atoms with van der Waals surface area (Å²) in [6.07, 6.45) is -1.48. The van der Waals surface area contributed by atoms with Gasteiger partial charge in [0.25, 0.3) is 0 Å². The summed E-state index contributed by atoms with van der Waals surface area (Å²) in [6, 6.07) is 3.05. The van der Waals surface area contributed by atoms with E-state index in [9.17, 15) is 15.0 Å². The number of methoxy groups -OCH3 is 1. The molecule has 1 heterocycles. The van der Waals surface area contributed by atoms with Gasteiger partial charge in [0.05, 0.1) is 31.9 Å². The van der Waals surface area contributed by atoms with Gasteiger partial charge in [-0.1, -0.05) is 0 Å². The standard InChI is InChI=1S/C11H15NO5/c1-17-10(15)5-9(14)11(16)8-4-7(6-13)2-3-12-8/h2-4,9,11,13-14,16H,5-6H2,1H3. The zero-order chi connectivity index (χ0) is 12.8. The highest BCUT2D eigenvalue weighted by atomic mass is 16.5. The van der Waals surface area contributed by atoms with E-state index in [1.54, 1.807) is 6.07 Å². The van der Waals surface area contributed by atoms with Crippen LogP contribution in [0.5, 0.6) is 0 Å². The van der Waals surface area contributed by atoms with Gasteiger partial charge in [0.2, 0.25) is 0 Å². The van der Waals surface area contributed by atoms with Crippen LogP contribution in [0.15, 0.2) is 18.3 Å². The first-order valence-corrected chi connectivity index (χ1v) is 5.07. The van der Waals surface area contributed by atoms with E-state index in [1.165, 1.54) is 19.4 Å². The molecule has 0 saturated heterocycles. The first-order valence-electron chi connectivity index (χ1n) is 5.07. The predicted octanol–water partition coefficient (Wildman–Crippen LogP) is -0.469. The molecule has 94 valence electrons. The monoisotopic (exact) mass is 241 g/mol. The van der Waals surface area contributed by atoms with E-state index in [4.69, 9.17) is 5.11 Å². The fourth-order valence-electron chi connectivity index (χ4n) is 1.32. The number of aromatic nitrogens is 1. The zero-order valence-corrected chi connectivity index (χ0v) is 9.41. The average Bonchev–Trinajstić information content (AvgIpc) is 2.37. The third-order valence-electron chi connectivity index (χ3n) is 2.30. The van der Waals surface area contributed by atoms with E-state index < -0.39 is 18.2 Å². The van der Waals surface area contributed by atoms with E-state index in [-0.39, 0.29) is 18.7 Å². The normalized spacial score (nSPS) is 14.1. The predicted molar refractivity (Wildman–Crippen MR) is 57.8 cm³/mol. The number of aliphatic hydroxyl groups excluding tert-OH is 3. The lowest BCUT2D eigenvalue weighted by Crippen LogP contribution is -2.23. The lowest BCUT2D eigenvalue weighted by molar-refractivity contribution is -0.144. The van der Waals surface area contributed by atoms with Crippen molar-refractivity contribution in [2.75, 3.05) is 7.11 Å². The van der Waals surface area contributed by atoms with E-state index >= 15 is 0 Å². The largest absolute Gasteiger partial charge is 0.469 e. The molecular formula is C11H15NO5. The molecule has 1 rings (SSSR count). The van der Waals surface area contributed by atoms with Gasteiger partial charge in [0.1, 0.15) is 6.10 Å². The van der Waals surface area contributed by atoms with Crippen molar-refractivity contribution in [3.63, 3.8) is 0 Å². The van der Waals surface area contributed by atoms with Gasteiger partial charge >= 0.3 is 5.97 Å². The Morgan fingerprint density at radius 1 is 1.53 bits per heavy atom. The minimum absolute atomic E-state index is 0.185. The molecule has 0 aliphatic heterocycles. The van der Waals surface area contributed by atoms with Crippen molar-refractivity contribution in [1.29, 1.82) is 0 Å². The van der Waals surface area contributed by atoms with Crippen molar-refractivity contribution in [2.24, 2.45) is 0 Å². The van der Waals surface area contributed by atoms with Gasteiger partial charge < -0.3 is 20.1 Å². The second kappa shape index (κ2) is 6.29. The lowest BCUT2D eigenvalue weighted by atomic mass is 10.1. The third kappa shape index (κ3) is 3.77. The van der Waals surface area contributed by atoms with Gasteiger partial charge in [-0.25, -0.2) is 0 Å². The minimum Gasteiger partial charge on any atom is -0.469 e. The Morgan fingerprint density at radius 3 is 2.82 bits per heavy atom. The molecule has 0 aliphatic rings. The number of aliphatic hydroxyl groups is 3. The quantitative estimate of drug-likeness (QED) is 0.603. The van der Waals surface area contributed by atoms with Crippen LogP contribution < -0.4 is 0 Å². The molecular weight excluding hydrogens is 226 g/mol. The molecule has 0 radical (unpaired) electrons. The SMILES string of the molecule is COC(=O)CC(O)C(O)c1cc(CO)ccn1. The second-order valence-corrected chi connectivity index (χ2v) is 3.54. The highest BCUT2D eigenvalue weighted by Gasteiger charge is 2.22. The van der Waals surface area contributed by atoms with Crippen molar-refractivity contribution in [3.8, 4) is 0 Å². The van der Waals surface area contributed by atoms with Gasteiger partial charge in [-0.3, -0.25) is 9.78 Å². The third-order valence-corrected chi connectivity index (χ3v) is 2.30. The van der Waals surface area contributed by atoms with E-state index in [0.29, 0.717) is 5.56 Å². The number of nitrogens with zero attached hydrogens (tertiary/aromatic N) is 1. The van der Waals surface area contributed by atoms with Crippen molar-refractivity contribution in [3.05, 3.63) is 29.6 Å². The molecule has 0 bridgehead atoms. The fourth-order valence-corrected chi connectivity index (χ4v) is 1.32. The highest BCUT2D eigenvalue weighted by molar-refractivity contribution is 5.69. The van der Waals surface area contributed by atoms with Crippen LogP contribution in [0.1, 0.15) is 23.8 Å². The molecule has 0 spiro atoms. The molecule has 0 amide bonds. The van der Waals surface area contributed by atoms with Gasteiger partial charge in [-0.15, -0.1) is 0 Å². The highest BCUT2D eigenvalue weighted by Crippen LogP contribution is 2.18.